The second-order valence-electron chi connectivity index (χ2n) is 7.09. The summed E-state index contributed by atoms with van der Waals surface area (Å²) in [6.07, 6.45) is 2.00. The Morgan fingerprint density at radius 1 is 1.00 bits per heavy atom. The SMILES string of the molecule is CCCc1ccccc1NC(=O)N1CCN(CC(=O)N2CCOCC2)CC1. The number of ether oxygens (including phenoxy) is 1. The van der Waals surface area contributed by atoms with Gasteiger partial charge in [-0.2, -0.15) is 0 Å². The van der Waals surface area contributed by atoms with Crippen LogP contribution in [-0.2, 0) is 16.0 Å². The number of nitrogens with zero attached hydrogens (tertiary/aromatic N) is 3. The fraction of sp³-hybridized carbons (Fsp3) is 0.600. The number of para-hydroxylation sites is 1. The second kappa shape index (κ2) is 9.71. The smallest absolute Gasteiger partial charge is 0.321 e. The Morgan fingerprint density at radius 3 is 2.41 bits per heavy atom. The van der Waals surface area contributed by atoms with Gasteiger partial charge in [0.1, 0.15) is 0 Å². The molecule has 0 saturated carbocycles. The molecule has 148 valence electrons. The van der Waals surface area contributed by atoms with Crippen LogP contribution in [0.2, 0.25) is 0 Å². The number of aryl methyl sites for hydroxylation is 1. The topological polar surface area (TPSA) is 65.1 Å². The predicted octanol–water partition coefficient (Wildman–Crippen LogP) is 1.65. The summed E-state index contributed by atoms with van der Waals surface area (Å²) in [5, 5.41) is 3.05. The summed E-state index contributed by atoms with van der Waals surface area (Å²) < 4.78 is 5.29. The zero-order chi connectivity index (χ0) is 19.1. The van der Waals surface area contributed by atoms with Crippen LogP contribution in [-0.4, -0.2) is 85.7 Å². The zero-order valence-corrected chi connectivity index (χ0v) is 16.2. The van der Waals surface area contributed by atoms with Gasteiger partial charge in [-0.1, -0.05) is 31.5 Å². The molecule has 2 fully saturated rings. The van der Waals surface area contributed by atoms with E-state index in [4.69, 9.17) is 4.74 Å². The van der Waals surface area contributed by atoms with Crippen molar-refractivity contribution < 1.29 is 14.3 Å². The van der Waals surface area contributed by atoms with Gasteiger partial charge in [-0.15, -0.1) is 0 Å². The number of piperazine rings is 1. The number of hydrogen-bond acceptors (Lipinski definition) is 4. The van der Waals surface area contributed by atoms with E-state index in [1.807, 2.05) is 28.0 Å². The van der Waals surface area contributed by atoms with Crippen molar-refractivity contribution in [1.82, 2.24) is 14.7 Å². The van der Waals surface area contributed by atoms with Crippen LogP contribution in [0.15, 0.2) is 24.3 Å². The van der Waals surface area contributed by atoms with Gasteiger partial charge in [0.05, 0.1) is 19.8 Å². The van der Waals surface area contributed by atoms with Crippen molar-refractivity contribution in [2.45, 2.75) is 19.8 Å². The average Bonchev–Trinajstić information content (AvgIpc) is 2.71. The predicted molar refractivity (Wildman–Crippen MR) is 105 cm³/mol. The summed E-state index contributed by atoms with van der Waals surface area (Å²) in [7, 11) is 0. The summed E-state index contributed by atoms with van der Waals surface area (Å²) in [5.41, 5.74) is 2.07. The van der Waals surface area contributed by atoms with Gasteiger partial charge in [0, 0.05) is 45.0 Å². The van der Waals surface area contributed by atoms with Gasteiger partial charge in [-0.3, -0.25) is 9.69 Å². The Kier molecular flexibility index (Phi) is 7.06. The fourth-order valence-electron chi connectivity index (χ4n) is 3.54. The van der Waals surface area contributed by atoms with Crippen molar-refractivity contribution >= 4 is 17.6 Å². The Bertz CT molecular complexity index is 638. The number of amides is 3. The lowest BCUT2D eigenvalue weighted by Gasteiger charge is -2.36. The van der Waals surface area contributed by atoms with Crippen LogP contribution < -0.4 is 5.32 Å². The van der Waals surface area contributed by atoms with Gasteiger partial charge in [0.15, 0.2) is 0 Å². The number of carbonyl (C=O) groups excluding carboxylic acids is 2. The van der Waals surface area contributed by atoms with E-state index >= 15 is 0 Å². The van der Waals surface area contributed by atoms with Crippen LogP contribution in [0, 0.1) is 0 Å². The van der Waals surface area contributed by atoms with Gasteiger partial charge in [0.25, 0.3) is 0 Å². The summed E-state index contributed by atoms with van der Waals surface area (Å²) >= 11 is 0. The first-order chi connectivity index (χ1) is 13.2. The lowest BCUT2D eigenvalue weighted by atomic mass is 10.1. The van der Waals surface area contributed by atoms with E-state index in [1.165, 1.54) is 5.56 Å². The molecule has 1 N–H and O–H groups in total. The Morgan fingerprint density at radius 2 is 1.70 bits per heavy atom. The van der Waals surface area contributed by atoms with E-state index < -0.39 is 0 Å². The van der Waals surface area contributed by atoms with E-state index in [2.05, 4.69) is 23.2 Å². The molecule has 2 aliphatic heterocycles. The van der Waals surface area contributed by atoms with Crippen molar-refractivity contribution in [1.29, 1.82) is 0 Å². The number of carbonyl (C=O) groups is 2. The summed E-state index contributed by atoms with van der Waals surface area (Å²) in [4.78, 5) is 30.8. The molecule has 0 bridgehead atoms. The van der Waals surface area contributed by atoms with E-state index in [1.54, 1.807) is 0 Å². The molecule has 7 heteroatoms. The Balaban J connectivity index is 1.46. The second-order valence-corrected chi connectivity index (χ2v) is 7.09. The van der Waals surface area contributed by atoms with Gasteiger partial charge >= 0.3 is 6.03 Å². The molecule has 7 nitrogen and oxygen atoms in total. The Hall–Kier alpha value is -2.12. The minimum atomic E-state index is -0.0577. The van der Waals surface area contributed by atoms with Crippen LogP contribution in [0.3, 0.4) is 0 Å². The van der Waals surface area contributed by atoms with Crippen molar-refractivity contribution in [3.63, 3.8) is 0 Å². The van der Waals surface area contributed by atoms with E-state index in [9.17, 15) is 9.59 Å². The van der Waals surface area contributed by atoms with Gasteiger partial charge in [-0.25, -0.2) is 4.79 Å². The molecule has 2 heterocycles. The maximum absolute atomic E-state index is 12.6. The third-order valence-electron chi connectivity index (χ3n) is 5.16. The minimum Gasteiger partial charge on any atom is -0.378 e. The van der Waals surface area contributed by atoms with Crippen molar-refractivity contribution in [3.8, 4) is 0 Å². The van der Waals surface area contributed by atoms with Crippen LogP contribution in [0.4, 0.5) is 10.5 Å². The normalized spacial score (nSPS) is 18.4. The number of anilines is 1. The van der Waals surface area contributed by atoms with E-state index in [0.29, 0.717) is 45.9 Å². The number of rotatable bonds is 5. The van der Waals surface area contributed by atoms with E-state index in [-0.39, 0.29) is 11.9 Å². The molecule has 27 heavy (non-hydrogen) atoms. The highest BCUT2D eigenvalue weighted by Crippen LogP contribution is 2.17. The van der Waals surface area contributed by atoms with Crippen molar-refractivity contribution in [3.05, 3.63) is 29.8 Å². The monoisotopic (exact) mass is 374 g/mol. The first kappa shape index (κ1) is 19.6. The summed E-state index contributed by atoms with van der Waals surface area (Å²) in [6.45, 7) is 7.89. The molecule has 3 amide bonds. The molecule has 0 unspecified atom stereocenters. The van der Waals surface area contributed by atoms with Crippen LogP contribution >= 0.6 is 0 Å². The first-order valence-electron chi connectivity index (χ1n) is 9.89. The molecule has 0 atom stereocenters. The molecular formula is C20H30N4O3. The number of hydrogen-bond donors (Lipinski definition) is 1. The fourth-order valence-corrected chi connectivity index (χ4v) is 3.54. The van der Waals surface area contributed by atoms with Gasteiger partial charge in [0.2, 0.25) is 5.91 Å². The lowest BCUT2D eigenvalue weighted by molar-refractivity contribution is -0.136. The highest BCUT2D eigenvalue weighted by molar-refractivity contribution is 5.90. The van der Waals surface area contributed by atoms with Crippen LogP contribution in [0.1, 0.15) is 18.9 Å². The molecule has 0 spiro atoms. The highest BCUT2D eigenvalue weighted by atomic mass is 16.5. The maximum atomic E-state index is 12.6. The molecule has 0 aliphatic carbocycles. The molecular weight excluding hydrogens is 344 g/mol. The average molecular weight is 374 g/mol. The molecule has 0 aromatic heterocycles. The maximum Gasteiger partial charge on any atom is 0.321 e. The number of morpholine rings is 1. The van der Waals surface area contributed by atoms with Gasteiger partial charge < -0.3 is 19.9 Å². The first-order valence-corrected chi connectivity index (χ1v) is 9.89. The lowest BCUT2D eigenvalue weighted by Crippen LogP contribution is -2.53. The third-order valence-corrected chi connectivity index (χ3v) is 5.16. The number of urea groups is 1. The summed E-state index contributed by atoms with van der Waals surface area (Å²) in [5.74, 6) is 0.157. The number of nitrogens with one attached hydrogen (secondary N) is 1. The van der Waals surface area contributed by atoms with Crippen LogP contribution in [0.25, 0.3) is 0 Å². The van der Waals surface area contributed by atoms with Crippen molar-refractivity contribution in [2.24, 2.45) is 0 Å². The molecule has 0 radical (unpaired) electrons. The quantitative estimate of drug-likeness (QED) is 0.851. The van der Waals surface area contributed by atoms with Crippen molar-refractivity contribution in [2.75, 3.05) is 64.3 Å². The molecule has 3 rings (SSSR count). The van der Waals surface area contributed by atoms with Crippen LogP contribution in [0.5, 0.6) is 0 Å². The highest BCUT2D eigenvalue weighted by Gasteiger charge is 2.25. The Labute approximate surface area is 161 Å². The zero-order valence-electron chi connectivity index (χ0n) is 16.2. The minimum absolute atomic E-state index is 0.0577. The number of benzene rings is 1. The van der Waals surface area contributed by atoms with Gasteiger partial charge in [-0.05, 0) is 18.1 Å². The summed E-state index contributed by atoms with van der Waals surface area (Å²) in [6, 6.07) is 7.92. The molecule has 1 aromatic carbocycles. The van der Waals surface area contributed by atoms with E-state index in [0.717, 1.165) is 31.6 Å². The molecule has 2 aliphatic rings. The largest absolute Gasteiger partial charge is 0.378 e. The third kappa shape index (κ3) is 5.43. The standard InChI is InChI=1S/C20H30N4O3/c1-2-5-17-6-3-4-7-18(17)21-20(26)24-10-8-22(9-11-24)16-19(25)23-12-14-27-15-13-23/h3-4,6-7H,2,5,8-16H2,1H3,(H,21,26). The molecule has 2 saturated heterocycles. The molecule has 1 aromatic rings.